The molecule has 0 aliphatic carbocycles. The Balaban J connectivity index is 1.43. The molecule has 1 aromatic carbocycles. The summed E-state index contributed by atoms with van der Waals surface area (Å²) in [5.41, 5.74) is 8.99. The van der Waals surface area contributed by atoms with Gasteiger partial charge in [-0.3, -0.25) is 9.48 Å². The topological polar surface area (TPSA) is 105 Å². The number of carbonyl (C=O) groups excluding carboxylic acids is 1. The van der Waals surface area contributed by atoms with Crippen molar-refractivity contribution in [2.75, 3.05) is 41.3 Å². The fraction of sp³-hybridized carbons (Fsp3) is 0.476. The van der Waals surface area contributed by atoms with Crippen LogP contribution in [0.5, 0.6) is 0 Å². The van der Waals surface area contributed by atoms with E-state index in [1.807, 2.05) is 28.9 Å². The highest BCUT2D eigenvalue weighted by Gasteiger charge is 2.25. The van der Waals surface area contributed by atoms with Gasteiger partial charge in [0, 0.05) is 44.7 Å². The molecule has 2 aliphatic rings. The molecule has 1 atom stereocenters. The number of piperidine rings is 1. The van der Waals surface area contributed by atoms with E-state index in [-0.39, 0.29) is 17.6 Å². The van der Waals surface area contributed by atoms with Gasteiger partial charge in [0.05, 0.1) is 23.1 Å². The van der Waals surface area contributed by atoms with Crippen LogP contribution in [0.15, 0.2) is 29.0 Å². The van der Waals surface area contributed by atoms with Crippen molar-refractivity contribution in [1.29, 1.82) is 0 Å². The predicted octanol–water partition coefficient (Wildman–Crippen LogP) is 2.34. The van der Waals surface area contributed by atoms with Crippen LogP contribution >= 0.6 is 0 Å². The van der Waals surface area contributed by atoms with Gasteiger partial charge in [-0.05, 0) is 37.8 Å². The zero-order valence-electron chi connectivity index (χ0n) is 17.2. The van der Waals surface area contributed by atoms with Crippen LogP contribution in [0.25, 0.3) is 10.9 Å². The lowest BCUT2D eigenvalue weighted by atomic mass is 10.1. The molecule has 9 nitrogen and oxygen atoms in total. The number of hydrogen-bond donors (Lipinski definition) is 2. The number of hydrogen-bond acceptors (Lipinski definition) is 7. The van der Waals surface area contributed by atoms with Crippen molar-refractivity contribution in [2.24, 2.45) is 12.8 Å². The summed E-state index contributed by atoms with van der Waals surface area (Å²) in [6.45, 7) is 3.45. The van der Waals surface area contributed by atoms with E-state index < -0.39 is 0 Å². The van der Waals surface area contributed by atoms with Gasteiger partial charge in [-0.1, -0.05) is 0 Å². The second kappa shape index (κ2) is 7.64. The Kier molecular flexibility index (Phi) is 4.82. The second-order valence-corrected chi connectivity index (χ2v) is 8.21. The minimum absolute atomic E-state index is 0.117. The molecule has 3 N–H and O–H groups in total. The number of aromatic nitrogens is 3. The summed E-state index contributed by atoms with van der Waals surface area (Å²) in [4.78, 5) is 21.7. The van der Waals surface area contributed by atoms with E-state index in [2.05, 4.69) is 26.4 Å². The number of anilines is 3. The number of benzene rings is 1. The lowest BCUT2D eigenvalue weighted by Crippen LogP contribution is -2.30. The summed E-state index contributed by atoms with van der Waals surface area (Å²) in [5, 5.41) is 8.48. The van der Waals surface area contributed by atoms with Crippen molar-refractivity contribution in [3.63, 3.8) is 0 Å². The molecule has 2 fully saturated rings. The quantitative estimate of drug-likeness (QED) is 0.681. The van der Waals surface area contributed by atoms with Crippen LogP contribution in [-0.4, -0.2) is 52.9 Å². The molecule has 0 bridgehead atoms. The monoisotopic (exact) mass is 409 g/mol. The number of oxazole rings is 1. The van der Waals surface area contributed by atoms with Gasteiger partial charge < -0.3 is 25.3 Å². The molecule has 0 spiro atoms. The van der Waals surface area contributed by atoms with E-state index >= 15 is 0 Å². The SMILES string of the molecule is Cn1ncc2cc(N3CCCCC3)c(NC(=O)c3coc(N4CC[C@H](N)C4)n3)cc21. The number of nitrogens with zero attached hydrogens (tertiary/aromatic N) is 5. The summed E-state index contributed by atoms with van der Waals surface area (Å²) in [6, 6.07) is 4.67. The molecule has 0 unspecified atom stereocenters. The van der Waals surface area contributed by atoms with Crippen LogP contribution in [-0.2, 0) is 7.05 Å². The molecule has 2 aromatic heterocycles. The summed E-state index contributed by atoms with van der Waals surface area (Å²) >= 11 is 0. The summed E-state index contributed by atoms with van der Waals surface area (Å²) in [7, 11) is 1.90. The van der Waals surface area contributed by atoms with Crippen LogP contribution in [0.1, 0.15) is 36.2 Å². The van der Waals surface area contributed by atoms with E-state index in [4.69, 9.17) is 10.2 Å². The predicted molar refractivity (Wildman–Crippen MR) is 116 cm³/mol. The van der Waals surface area contributed by atoms with Crippen molar-refractivity contribution in [2.45, 2.75) is 31.7 Å². The van der Waals surface area contributed by atoms with Gasteiger partial charge in [0.2, 0.25) is 0 Å². The molecule has 5 rings (SSSR count). The Hall–Kier alpha value is -3.07. The Morgan fingerprint density at radius 1 is 1.20 bits per heavy atom. The molecule has 4 heterocycles. The van der Waals surface area contributed by atoms with Crippen molar-refractivity contribution < 1.29 is 9.21 Å². The highest BCUT2D eigenvalue weighted by Crippen LogP contribution is 2.33. The first kappa shape index (κ1) is 18.9. The van der Waals surface area contributed by atoms with Crippen LogP contribution < -0.4 is 20.9 Å². The molecular formula is C21H27N7O2. The number of fused-ring (bicyclic) bond motifs is 1. The number of rotatable bonds is 4. The number of amides is 1. The molecule has 1 amide bonds. The molecule has 158 valence electrons. The van der Waals surface area contributed by atoms with Gasteiger partial charge >= 0.3 is 0 Å². The third kappa shape index (κ3) is 3.49. The normalized spacial score (nSPS) is 19.6. The minimum atomic E-state index is -0.284. The maximum atomic E-state index is 13.0. The third-order valence-electron chi connectivity index (χ3n) is 6.03. The number of carbonyl (C=O) groups is 1. The lowest BCUT2D eigenvalue weighted by molar-refractivity contribution is 0.102. The van der Waals surface area contributed by atoms with Gasteiger partial charge in [0.25, 0.3) is 11.9 Å². The Labute approximate surface area is 174 Å². The van der Waals surface area contributed by atoms with E-state index in [1.54, 1.807) is 0 Å². The maximum absolute atomic E-state index is 13.0. The Morgan fingerprint density at radius 2 is 2.03 bits per heavy atom. The first-order chi connectivity index (χ1) is 14.6. The van der Waals surface area contributed by atoms with E-state index in [1.165, 1.54) is 12.7 Å². The highest BCUT2D eigenvalue weighted by atomic mass is 16.4. The van der Waals surface area contributed by atoms with E-state index in [9.17, 15) is 4.79 Å². The number of aryl methyl sites for hydroxylation is 1. The van der Waals surface area contributed by atoms with Crippen molar-refractivity contribution >= 4 is 34.2 Å². The zero-order chi connectivity index (χ0) is 20.7. The van der Waals surface area contributed by atoms with E-state index in [0.717, 1.165) is 61.2 Å². The van der Waals surface area contributed by atoms with Crippen LogP contribution in [0.2, 0.25) is 0 Å². The Morgan fingerprint density at radius 3 is 2.80 bits per heavy atom. The maximum Gasteiger partial charge on any atom is 0.298 e. The first-order valence-electron chi connectivity index (χ1n) is 10.6. The van der Waals surface area contributed by atoms with Crippen molar-refractivity contribution in [3.05, 3.63) is 30.3 Å². The van der Waals surface area contributed by atoms with Gasteiger partial charge in [0.15, 0.2) is 5.69 Å². The largest absolute Gasteiger partial charge is 0.431 e. The molecule has 2 aliphatic heterocycles. The van der Waals surface area contributed by atoms with E-state index in [0.29, 0.717) is 12.6 Å². The van der Waals surface area contributed by atoms with Gasteiger partial charge in [-0.25, -0.2) is 0 Å². The smallest absolute Gasteiger partial charge is 0.298 e. The van der Waals surface area contributed by atoms with Gasteiger partial charge in [-0.2, -0.15) is 10.1 Å². The average Bonchev–Trinajstić information content (AvgIpc) is 3.49. The highest BCUT2D eigenvalue weighted by molar-refractivity contribution is 6.06. The molecule has 0 saturated carbocycles. The summed E-state index contributed by atoms with van der Waals surface area (Å²) in [5.74, 6) is -0.284. The van der Waals surface area contributed by atoms with Crippen molar-refractivity contribution in [1.82, 2.24) is 14.8 Å². The molecular weight excluding hydrogens is 382 g/mol. The molecule has 3 aromatic rings. The molecule has 30 heavy (non-hydrogen) atoms. The van der Waals surface area contributed by atoms with Crippen LogP contribution in [0.4, 0.5) is 17.4 Å². The molecule has 0 radical (unpaired) electrons. The lowest BCUT2D eigenvalue weighted by Gasteiger charge is -2.30. The second-order valence-electron chi connectivity index (χ2n) is 8.21. The first-order valence-corrected chi connectivity index (χ1v) is 10.6. The fourth-order valence-electron chi connectivity index (χ4n) is 4.35. The third-order valence-corrected chi connectivity index (χ3v) is 6.03. The van der Waals surface area contributed by atoms with Gasteiger partial charge in [-0.15, -0.1) is 0 Å². The fourth-order valence-corrected chi connectivity index (χ4v) is 4.35. The molecule has 9 heteroatoms. The van der Waals surface area contributed by atoms with Gasteiger partial charge in [0.1, 0.15) is 6.26 Å². The zero-order valence-corrected chi connectivity index (χ0v) is 17.2. The van der Waals surface area contributed by atoms with Crippen LogP contribution in [0, 0.1) is 0 Å². The van der Waals surface area contributed by atoms with Crippen LogP contribution in [0.3, 0.4) is 0 Å². The summed E-state index contributed by atoms with van der Waals surface area (Å²) in [6.07, 6.45) is 7.73. The number of nitrogens with two attached hydrogens (primary N) is 1. The minimum Gasteiger partial charge on any atom is -0.431 e. The molecule has 2 saturated heterocycles. The van der Waals surface area contributed by atoms with Crippen molar-refractivity contribution in [3.8, 4) is 0 Å². The number of nitrogens with one attached hydrogen (secondary N) is 1. The average molecular weight is 409 g/mol. The Bertz CT molecular complexity index is 1070. The summed E-state index contributed by atoms with van der Waals surface area (Å²) < 4.78 is 7.37. The standard InChI is InChI=1S/C21H27N7O2/c1-26-18-10-16(19(9-14(18)11-23-26)27-6-3-2-4-7-27)24-20(29)17-13-30-21(25-17)28-8-5-15(22)12-28/h9-11,13,15H,2-8,12,22H2,1H3,(H,24,29)/t15-/m0/s1.